The normalized spacial score (nSPS) is 20.1. The molecule has 0 radical (unpaired) electrons. The molecule has 37 heavy (non-hydrogen) atoms. The van der Waals surface area contributed by atoms with Crippen LogP contribution in [0, 0.1) is 5.41 Å². The summed E-state index contributed by atoms with van der Waals surface area (Å²) >= 11 is 3.53. The fourth-order valence-electron chi connectivity index (χ4n) is 5.60. The van der Waals surface area contributed by atoms with Crippen molar-refractivity contribution in [2.75, 3.05) is 28.0 Å². The number of rotatable bonds is 2. The third-order valence-electron chi connectivity index (χ3n) is 7.55. The lowest BCUT2D eigenvalue weighted by atomic mass is 9.60. The summed E-state index contributed by atoms with van der Waals surface area (Å²) in [7, 11) is 6.40. The van der Waals surface area contributed by atoms with Crippen LogP contribution in [0.15, 0.2) is 14.1 Å². The molecule has 1 spiro atoms. The van der Waals surface area contributed by atoms with Gasteiger partial charge in [-0.15, -0.1) is 0 Å². The highest BCUT2D eigenvalue weighted by Crippen LogP contribution is 2.58. The van der Waals surface area contributed by atoms with Gasteiger partial charge in [-0.05, 0) is 27.9 Å². The summed E-state index contributed by atoms with van der Waals surface area (Å²) in [6.07, 6.45) is -0.395. The number of imide groups is 2. The Morgan fingerprint density at radius 1 is 0.946 bits per heavy atom. The van der Waals surface area contributed by atoms with Crippen LogP contribution in [0.3, 0.4) is 0 Å². The number of methoxy groups -OCH3 is 1. The molecule has 0 unspecified atom stereocenters. The van der Waals surface area contributed by atoms with Gasteiger partial charge in [0.2, 0.25) is 30.2 Å². The zero-order chi connectivity index (χ0) is 27.1. The number of hydrogen-bond acceptors (Lipinski definition) is 9. The molecule has 14 heteroatoms. The monoisotopic (exact) mass is 578 g/mol. The number of hydrogen-bond donors (Lipinski definition) is 1. The van der Waals surface area contributed by atoms with Crippen LogP contribution >= 0.6 is 15.9 Å². The topological polar surface area (TPSA) is 150 Å². The van der Waals surface area contributed by atoms with Crippen LogP contribution in [-0.2, 0) is 36.5 Å². The van der Waals surface area contributed by atoms with Crippen LogP contribution in [0.2, 0.25) is 0 Å². The molecule has 4 amide bonds. The molecule has 3 heterocycles. The van der Waals surface area contributed by atoms with Gasteiger partial charge < -0.3 is 19.3 Å². The van der Waals surface area contributed by atoms with Crippen molar-refractivity contribution < 1.29 is 33.7 Å². The first kappa shape index (κ1) is 24.9. The number of ether oxygens (including phenoxy) is 3. The summed E-state index contributed by atoms with van der Waals surface area (Å²) in [5.41, 5.74) is -2.94. The summed E-state index contributed by atoms with van der Waals surface area (Å²) in [5.74, 6) is -2.73. The van der Waals surface area contributed by atoms with Crippen molar-refractivity contribution in [1.82, 2.24) is 18.9 Å². The first-order valence-corrected chi connectivity index (χ1v) is 11.9. The Kier molecular flexibility index (Phi) is 5.44. The number of fused-ring (bicyclic) bond motifs is 2. The van der Waals surface area contributed by atoms with E-state index in [-0.39, 0.29) is 36.7 Å². The SMILES string of the molecule is COc1c2c(c(Br)c3c1OCO3)C[C@@H](c1c(O)n(C)c(=O)n(C)c1=O)C1(C2)C(=O)N(C)C(=O)N(C)C1=O. The number of benzene rings is 1. The maximum Gasteiger partial charge on any atom is 0.333 e. The average molecular weight is 579 g/mol. The van der Waals surface area contributed by atoms with E-state index in [0.29, 0.717) is 21.3 Å². The van der Waals surface area contributed by atoms with Crippen molar-refractivity contribution in [2.45, 2.75) is 18.8 Å². The molecule has 5 rings (SSSR count). The Labute approximate surface area is 217 Å². The first-order chi connectivity index (χ1) is 17.4. The Morgan fingerprint density at radius 3 is 2.14 bits per heavy atom. The third kappa shape index (κ3) is 2.98. The number of amides is 4. The zero-order valence-electron chi connectivity index (χ0n) is 20.6. The van der Waals surface area contributed by atoms with Crippen molar-refractivity contribution in [3.05, 3.63) is 42.0 Å². The van der Waals surface area contributed by atoms with E-state index in [1.807, 2.05) is 0 Å². The number of halogens is 1. The van der Waals surface area contributed by atoms with Gasteiger partial charge in [-0.25, -0.2) is 9.59 Å². The molecule has 1 aromatic heterocycles. The number of urea groups is 1. The second-order valence-electron chi connectivity index (χ2n) is 9.23. The van der Waals surface area contributed by atoms with Crippen molar-refractivity contribution >= 4 is 33.8 Å². The molecule has 1 aromatic carbocycles. The number of nitrogens with zero attached hydrogens (tertiary/aromatic N) is 4. The van der Waals surface area contributed by atoms with Crippen molar-refractivity contribution in [3.8, 4) is 23.1 Å². The quantitative estimate of drug-likeness (QED) is 0.493. The molecule has 1 atom stereocenters. The van der Waals surface area contributed by atoms with Crippen molar-refractivity contribution in [3.63, 3.8) is 0 Å². The minimum atomic E-state index is -2.02. The van der Waals surface area contributed by atoms with Crippen molar-refractivity contribution in [1.29, 1.82) is 0 Å². The molecule has 0 saturated carbocycles. The van der Waals surface area contributed by atoms with Gasteiger partial charge in [0.15, 0.2) is 11.5 Å². The van der Waals surface area contributed by atoms with Crippen LogP contribution in [0.25, 0.3) is 0 Å². The van der Waals surface area contributed by atoms with E-state index in [9.17, 15) is 29.1 Å². The summed E-state index contributed by atoms with van der Waals surface area (Å²) in [5, 5.41) is 11.0. The number of barbiturate groups is 1. The summed E-state index contributed by atoms with van der Waals surface area (Å²) < 4.78 is 19.0. The van der Waals surface area contributed by atoms with Gasteiger partial charge in [0.1, 0.15) is 5.41 Å². The highest BCUT2D eigenvalue weighted by atomic mass is 79.9. The molecule has 1 fully saturated rings. The van der Waals surface area contributed by atoms with Crippen LogP contribution in [0.4, 0.5) is 4.79 Å². The molecule has 1 aliphatic carbocycles. The lowest BCUT2D eigenvalue weighted by Gasteiger charge is -2.48. The molecule has 1 saturated heterocycles. The molecule has 1 N–H and O–H groups in total. The maximum absolute atomic E-state index is 13.9. The molecular formula is C23H23BrN4O9. The van der Waals surface area contributed by atoms with Gasteiger partial charge in [0.25, 0.3) is 5.56 Å². The molecule has 3 aliphatic rings. The highest BCUT2D eigenvalue weighted by molar-refractivity contribution is 9.10. The van der Waals surface area contributed by atoms with E-state index >= 15 is 0 Å². The van der Waals surface area contributed by atoms with Gasteiger partial charge in [0.05, 0.1) is 17.1 Å². The Hall–Kier alpha value is -3.81. The van der Waals surface area contributed by atoms with Gasteiger partial charge in [-0.1, -0.05) is 0 Å². The Bertz CT molecular complexity index is 1520. The Balaban J connectivity index is 1.90. The number of aromatic hydroxyl groups is 1. The van der Waals surface area contributed by atoms with E-state index in [0.717, 1.165) is 18.9 Å². The Morgan fingerprint density at radius 2 is 1.54 bits per heavy atom. The predicted molar refractivity (Wildman–Crippen MR) is 129 cm³/mol. The summed E-state index contributed by atoms with van der Waals surface area (Å²) in [6.45, 7) is -0.0816. The predicted octanol–water partition coefficient (Wildman–Crippen LogP) is 0.209. The standard InChI is InChI=1S/C23H23BrN4O9/c1-25-17(29)12(18(30)26(2)21(25)33)11-6-9-10(14(35-5)16-15(13(9)24)36-8-37-16)7-23(11)19(31)27(3)22(34)28(4)20(23)32/h11,29H,6-8H2,1-5H3/t11-/m0/s1. The fourth-order valence-corrected chi connectivity index (χ4v) is 6.30. The maximum atomic E-state index is 13.9. The second kappa shape index (κ2) is 8.10. The summed E-state index contributed by atoms with van der Waals surface area (Å²) in [4.78, 5) is 68.0. The lowest BCUT2D eigenvalue weighted by Crippen LogP contribution is -2.67. The molecule has 13 nitrogen and oxygen atoms in total. The average Bonchev–Trinajstić information content (AvgIpc) is 3.38. The van der Waals surface area contributed by atoms with Crippen LogP contribution in [0.5, 0.6) is 23.1 Å². The van der Waals surface area contributed by atoms with E-state index < -0.39 is 46.3 Å². The van der Waals surface area contributed by atoms with E-state index in [4.69, 9.17) is 14.2 Å². The minimum Gasteiger partial charge on any atom is -0.494 e. The number of carbonyl (C=O) groups is 3. The molecular weight excluding hydrogens is 556 g/mol. The minimum absolute atomic E-state index is 0.0816. The van der Waals surface area contributed by atoms with Gasteiger partial charge in [-0.3, -0.25) is 33.3 Å². The molecule has 2 aliphatic heterocycles. The first-order valence-electron chi connectivity index (χ1n) is 11.2. The van der Waals surface area contributed by atoms with E-state index in [1.54, 1.807) is 0 Å². The zero-order valence-corrected chi connectivity index (χ0v) is 22.2. The number of carbonyl (C=O) groups excluding carboxylic acids is 3. The molecule has 2 aromatic rings. The van der Waals surface area contributed by atoms with Crippen LogP contribution < -0.4 is 25.5 Å². The van der Waals surface area contributed by atoms with E-state index in [2.05, 4.69) is 15.9 Å². The van der Waals surface area contributed by atoms with Crippen LogP contribution in [-0.4, -0.2) is 69.9 Å². The van der Waals surface area contributed by atoms with Gasteiger partial charge >= 0.3 is 11.7 Å². The lowest BCUT2D eigenvalue weighted by molar-refractivity contribution is -0.159. The van der Waals surface area contributed by atoms with E-state index in [1.165, 1.54) is 35.3 Å². The smallest absolute Gasteiger partial charge is 0.333 e. The number of aromatic nitrogens is 2. The molecule has 0 bridgehead atoms. The van der Waals surface area contributed by atoms with Crippen molar-refractivity contribution in [2.24, 2.45) is 19.5 Å². The molecule has 196 valence electrons. The second-order valence-corrected chi connectivity index (χ2v) is 10.0. The third-order valence-corrected chi connectivity index (χ3v) is 8.39. The van der Waals surface area contributed by atoms with Gasteiger partial charge in [-0.2, -0.15) is 0 Å². The highest BCUT2D eigenvalue weighted by Gasteiger charge is 2.63. The van der Waals surface area contributed by atoms with Crippen LogP contribution in [0.1, 0.15) is 22.6 Å². The largest absolute Gasteiger partial charge is 0.494 e. The van der Waals surface area contributed by atoms with Gasteiger partial charge in [0, 0.05) is 46.1 Å². The summed E-state index contributed by atoms with van der Waals surface area (Å²) in [6, 6.07) is -0.832. The fraction of sp³-hybridized carbons (Fsp3) is 0.435.